The van der Waals surface area contributed by atoms with E-state index >= 15 is 0 Å². The first kappa shape index (κ1) is 13.4. The molecule has 1 aromatic carbocycles. The van der Waals surface area contributed by atoms with Gasteiger partial charge in [0.1, 0.15) is 11.4 Å². The van der Waals surface area contributed by atoms with E-state index in [1.54, 1.807) is 18.2 Å². The summed E-state index contributed by atoms with van der Waals surface area (Å²) in [5, 5.41) is 7.78. The van der Waals surface area contributed by atoms with Crippen LogP contribution in [-0.4, -0.2) is 10.1 Å². The van der Waals surface area contributed by atoms with Gasteiger partial charge in [0.05, 0.1) is 20.6 Å². The van der Waals surface area contributed by atoms with Crippen LogP contribution in [0.15, 0.2) is 28.1 Å². The fraction of sp³-hybridized carbons (Fsp3) is 0.0769. The minimum Gasteiger partial charge on any atom is -0.367 e. The summed E-state index contributed by atoms with van der Waals surface area (Å²) in [4.78, 5) is 4.39. The molecule has 4 nitrogen and oxygen atoms in total. The van der Waals surface area contributed by atoms with Gasteiger partial charge in [-0.25, -0.2) is 4.98 Å². The van der Waals surface area contributed by atoms with E-state index in [9.17, 15) is 0 Å². The van der Waals surface area contributed by atoms with Crippen LogP contribution in [0.25, 0.3) is 22.5 Å². The van der Waals surface area contributed by atoms with Crippen LogP contribution in [0.4, 0.5) is 5.88 Å². The minimum absolute atomic E-state index is 0.167. The standard InChI is InChI=1S/C13H9Cl2N3OS/c1-6-17-9(5-20-6)12-11(13(16)19-18-12)10-7(14)3-2-4-8(10)15/h2-5H,16H2,1H3. The van der Waals surface area contributed by atoms with Gasteiger partial charge in [-0.1, -0.05) is 34.4 Å². The van der Waals surface area contributed by atoms with Crippen LogP contribution in [0.5, 0.6) is 0 Å². The van der Waals surface area contributed by atoms with E-state index in [2.05, 4.69) is 10.1 Å². The number of nitrogen functional groups attached to an aromatic ring is 1. The number of nitrogens with zero attached hydrogens (tertiary/aromatic N) is 2. The highest BCUT2D eigenvalue weighted by atomic mass is 35.5. The Hall–Kier alpha value is -1.56. The first-order valence-corrected chi connectivity index (χ1v) is 7.33. The van der Waals surface area contributed by atoms with Gasteiger partial charge in [0, 0.05) is 10.9 Å². The van der Waals surface area contributed by atoms with Crippen molar-refractivity contribution in [1.29, 1.82) is 0 Å². The summed E-state index contributed by atoms with van der Waals surface area (Å²) in [7, 11) is 0. The molecule has 0 bridgehead atoms. The molecule has 0 aliphatic carbocycles. The van der Waals surface area contributed by atoms with Crippen LogP contribution in [-0.2, 0) is 0 Å². The third-order valence-electron chi connectivity index (χ3n) is 2.79. The van der Waals surface area contributed by atoms with Crippen LogP contribution >= 0.6 is 34.5 Å². The molecular weight excluding hydrogens is 317 g/mol. The zero-order valence-electron chi connectivity index (χ0n) is 10.4. The van der Waals surface area contributed by atoms with Gasteiger partial charge in [0.25, 0.3) is 0 Å². The maximum atomic E-state index is 6.23. The first-order valence-electron chi connectivity index (χ1n) is 5.70. The van der Waals surface area contributed by atoms with Gasteiger partial charge < -0.3 is 10.3 Å². The van der Waals surface area contributed by atoms with E-state index in [0.29, 0.717) is 32.6 Å². The Morgan fingerprint density at radius 2 is 1.90 bits per heavy atom. The third-order valence-corrected chi connectivity index (χ3v) is 4.20. The molecule has 0 saturated heterocycles. The van der Waals surface area contributed by atoms with Crippen molar-refractivity contribution < 1.29 is 4.52 Å². The Bertz CT molecular complexity index is 762. The van der Waals surface area contributed by atoms with E-state index in [0.717, 1.165) is 5.01 Å². The van der Waals surface area contributed by atoms with Crippen LogP contribution < -0.4 is 5.73 Å². The van der Waals surface area contributed by atoms with E-state index < -0.39 is 0 Å². The van der Waals surface area contributed by atoms with Crippen LogP contribution in [0, 0.1) is 6.92 Å². The first-order chi connectivity index (χ1) is 9.58. The Balaban J connectivity index is 2.27. The van der Waals surface area contributed by atoms with Crippen molar-refractivity contribution in [3.63, 3.8) is 0 Å². The number of hydrogen-bond donors (Lipinski definition) is 1. The molecule has 0 spiro atoms. The number of rotatable bonds is 2. The Labute approximate surface area is 129 Å². The van der Waals surface area contributed by atoms with Crippen molar-refractivity contribution in [1.82, 2.24) is 10.1 Å². The Morgan fingerprint density at radius 1 is 1.20 bits per heavy atom. The lowest BCUT2D eigenvalue weighted by molar-refractivity contribution is 0.439. The lowest BCUT2D eigenvalue weighted by Crippen LogP contribution is -1.90. The second kappa shape index (κ2) is 5.09. The number of aromatic nitrogens is 2. The lowest BCUT2D eigenvalue weighted by atomic mass is 10.0. The number of aryl methyl sites for hydroxylation is 1. The molecule has 0 amide bonds. The molecule has 20 heavy (non-hydrogen) atoms. The van der Waals surface area contributed by atoms with Gasteiger partial charge in [-0.3, -0.25) is 0 Å². The summed E-state index contributed by atoms with van der Waals surface area (Å²) in [6, 6.07) is 5.25. The molecule has 2 aromatic heterocycles. The highest BCUT2D eigenvalue weighted by molar-refractivity contribution is 7.09. The summed E-state index contributed by atoms with van der Waals surface area (Å²) in [5.41, 5.74) is 8.30. The SMILES string of the molecule is Cc1nc(-c2noc(N)c2-c2c(Cl)cccc2Cl)cs1. The summed E-state index contributed by atoms with van der Waals surface area (Å²) in [6.07, 6.45) is 0. The molecule has 0 unspecified atom stereocenters. The highest BCUT2D eigenvalue weighted by Crippen LogP contribution is 2.43. The average molecular weight is 326 g/mol. The van der Waals surface area contributed by atoms with E-state index in [-0.39, 0.29) is 5.88 Å². The van der Waals surface area contributed by atoms with E-state index in [4.69, 9.17) is 33.5 Å². The molecule has 0 aliphatic rings. The Kier molecular flexibility index (Phi) is 3.41. The monoisotopic (exact) mass is 325 g/mol. The van der Waals surface area contributed by atoms with Gasteiger partial charge >= 0.3 is 0 Å². The van der Waals surface area contributed by atoms with E-state index in [1.165, 1.54) is 11.3 Å². The van der Waals surface area contributed by atoms with Crippen LogP contribution in [0.1, 0.15) is 5.01 Å². The van der Waals surface area contributed by atoms with Crippen molar-refractivity contribution >= 4 is 40.4 Å². The third kappa shape index (κ3) is 2.18. The lowest BCUT2D eigenvalue weighted by Gasteiger charge is -2.06. The summed E-state index contributed by atoms with van der Waals surface area (Å²) < 4.78 is 5.10. The maximum absolute atomic E-state index is 6.23. The fourth-order valence-corrected chi connectivity index (χ4v) is 3.11. The molecule has 3 rings (SSSR count). The summed E-state index contributed by atoms with van der Waals surface area (Å²) in [5.74, 6) is 0.167. The number of nitrogens with two attached hydrogens (primary N) is 1. The molecule has 0 aliphatic heterocycles. The predicted octanol–water partition coefficient (Wildman–Crippen LogP) is 4.66. The van der Waals surface area contributed by atoms with Crippen molar-refractivity contribution in [3.05, 3.63) is 38.6 Å². The van der Waals surface area contributed by atoms with Crippen molar-refractivity contribution in [2.24, 2.45) is 0 Å². The Morgan fingerprint density at radius 3 is 2.50 bits per heavy atom. The van der Waals surface area contributed by atoms with Gasteiger partial charge in [0.2, 0.25) is 5.88 Å². The maximum Gasteiger partial charge on any atom is 0.230 e. The quantitative estimate of drug-likeness (QED) is 0.744. The fourth-order valence-electron chi connectivity index (χ4n) is 1.93. The zero-order valence-corrected chi connectivity index (χ0v) is 12.7. The van der Waals surface area contributed by atoms with Crippen molar-refractivity contribution in [2.75, 3.05) is 5.73 Å². The molecule has 3 aromatic rings. The van der Waals surface area contributed by atoms with E-state index in [1.807, 2.05) is 12.3 Å². The molecule has 0 fully saturated rings. The second-order valence-electron chi connectivity index (χ2n) is 4.12. The van der Waals surface area contributed by atoms with Crippen molar-refractivity contribution in [2.45, 2.75) is 6.92 Å². The summed E-state index contributed by atoms with van der Waals surface area (Å²) >= 11 is 14.0. The molecule has 2 N–H and O–H groups in total. The van der Waals surface area contributed by atoms with Gasteiger partial charge in [-0.15, -0.1) is 11.3 Å². The minimum atomic E-state index is 0.167. The average Bonchev–Trinajstić information content (AvgIpc) is 2.97. The van der Waals surface area contributed by atoms with Gasteiger partial charge in [-0.05, 0) is 19.1 Å². The molecule has 7 heteroatoms. The van der Waals surface area contributed by atoms with Gasteiger partial charge in [0.15, 0.2) is 0 Å². The number of halogens is 2. The highest BCUT2D eigenvalue weighted by Gasteiger charge is 2.23. The normalized spacial score (nSPS) is 10.9. The molecule has 0 atom stereocenters. The molecule has 0 radical (unpaired) electrons. The number of anilines is 1. The molecule has 0 saturated carbocycles. The predicted molar refractivity (Wildman–Crippen MR) is 82.2 cm³/mol. The van der Waals surface area contributed by atoms with Gasteiger partial charge in [-0.2, -0.15) is 0 Å². The number of hydrogen-bond acceptors (Lipinski definition) is 5. The molecule has 2 heterocycles. The summed E-state index contributed by atoms with van der Waals surface area (Å²) in [6.45, 7) is 1.92. The van der Waals surface area contributed by atoms with Crippen molar-refractivity contribution in [3.8, 4) is 22.5 Å². The zero-order chi connectivity index (χ0) is 14.3. The number of benzene rings is 1. The topological polar surface area (TPSA) is 64.9 Å². The second-order valence-corrected chi connectivity index (χ2v) is 6.00. The largest absolute Gasteiger partial charge is 0.367 e. The smallest absolute Gasteiger partial charge is 0.230 e. The molecular formula is C13H9Cl2N3OS. The molecule has 102 valence electrons. The van der Waals surface area contributed by atoms with Crippen LogP contribution in [0.3, 0.4) is 0 Å². The number of thiazole rings is 1. The van der Waals surface area contributed by atoms with Crippen LogP contribution in [0.2, 0.25) is 10.0 Å².